The maximum absolute atomic E-state index is 12.9. The molecule has 9 nitrogen and oxygen atoms in total. The molecule has 0 aliphatic carbocycles. The Morgan fingerprint density at radius 2 is 1.90 bits per heavy atom. The number of nitrogens with two attached hydrogens (primary N) is 1. The van der Waals surface area contributed by atoms with Crippen molar-refractivity contribution in [2.75, 3.05) is 72.8 Å². The second-order valence-electron chi connectivity index (χ2n) is 8.14. The summed E-state index contributed by atoms with van der Waals surface area (Å²) in [6.07, 6.45) is 0.443. The van der Waals surface area contributed by atoms with E-state index in [1.54, 1.807) is 7.11 Å². The summed E-state index contributed by atoms with van der Waals surface area (Å²) < 4.78 is 10.9. The molecular formula is C21H32ClN5O4. The summed E-state index contributed by atoms with van der Waals surface area (Å²) in [5.41, 5.74) is 6.48. The van der Waals surface area contributed by atoms with Gasteiger partial charge in [0.1, 0.15) is 5.75 Å². The molecule has 2 aliphatic rings. The van der Waals surface area contributed by atoms with Crippen molar-refractivity contribution in [3.05, 3.63) is 22.7 Å². The number of piperidine rings is 1. The molecule has 0 bridgehead atoms. The van der Waals surface area contributed by atoms with Crippen molar-refractivity contribution in [1.82, 2.24) is 20.0 Å². The molecule has 0 radical (unpaired) electrons. The number of piperazine rings is 1. The van der Waals surface area contributed by atoms with E-state index in [9.17, 15) is 9.59 Å². The second kappa shape index (κ2) is 10.5. The lowest BCUT2D eigenvalue weighted by Gasteiger charge is -2.39. The van der Waals surface area contributed by atoms with Crippen LogP contribution in [0.1, 0.15) is 16.8 Å². The van der Waals surface area contributed by atoms with Crippen molar-refractivity contribution in [2.24, 2.45) is 0 Å². The molecule has 1 aromatic carbocycles. The van der Waals surface area contributed by atoms with E-state index in [0.717, 1.165) is 26.2 Å². The summed E-state index contributed by atoms with van der Waals surface area (Å²) in [6, 6.07) is 2.86. The van der Waals surface area contributed by atoms with E-state index in [1.807, 2.05) is 4.90 Å². The second-order valence-corrected chi connectivity index (χ2v) is 8.54. The van der Waals surface area contributed by atoms with Gasteiger partial charge >= 0.3 is 0 Å². The lowest BCUT2D eigenvalue weighted by Crippen LogP contribution is -2.57. The molecule has 31 heavy (non-hydrogen) atoms. The summed E-state index contributed by atoms with van der Waals surface area (Å²) in [5.74, 6) is 0.211. The van der Waals surface area contributed by atoms with Crippen molar-refractivity contribution >= 4 is 29.1 Å². The van der Waals surface area contributed by atoms with E-state index in [-0.39, 0.29) is 24.0 Å². The van der Waals surface area contributed by atoms with Gasteiger partial charge in [-0.1, -0.05) is 11.6 Å². The predicted molar refractivity (Wildman–Crippen MR) is 120 cm³/mol. The first-order valence-electron chi connectivity index (χ1n) is 10.5. The van der Waals surface area contributed by atoms with Gasteiger partial charge in [-0.05, 0) is 19.5 Å². The smallest absolute Gasteiger partial charge is 0.255 e. The van der Waals surface area contributed by atoms with E-state index < -0.39 is 0 Å². The molecule has 1 aromatic rings. The molecular weight excluding hydrogens is 422 g/mol. The molecule has 2 atom stereocenters. The predicted octanol–water partition coefficient (Wildman–Crippen LogP) is 0.524. The summed E-state index contributed by atoms with van der Waals surface area (Å²) in [4.78, 5) is 31.8. The van der Waals surface area contributed by atoms with Crippen LogP contribution >= 0.6 is 11.6 Å². The zero-order valence-electron chi connectivity index (χ0n) is 18.4. The Kier molecular flexibility index (Phi) is 7.99. The Labute approximate surface area is 188 Å². The van der Waals surface area contributed by atoms with Crippen LogP contribution in [0, 0.1) is 0 Å². The van der Waals surface area contributed by atoms with Crippen molar-refractivity contribution in [2.45, 2.75) is 18.6 Å². The number of carbonyl (C=O) groups excluding carboxylic acids is 2. The molecule has 10 heteroatoms. The molecule has 2 aliphatic heterocycles. The van der Waals surface area contributed by atoms with Crippen molar-refractivity contribution in [3.8, 4) is 5.75 Å². The van der Waals surface area contributed by atoms with Gasteiger partial charge in [-0.25, -0.2) is 0 Å². The van der Waals surface area contributed by atoms with Gasteiger partial charge in [0, 0.05) is 52.4 Å². The number of methoxy groups -OCH3 is 2. The number of nitrogen functional groups attached to an aromatic ring is 1. The van der Waals surface area contributed by atoms with Crippen molar-refractivity contribution in [3.63, 3.8) is 0 Å². The highest BCUT2D eigenvalue weighted by Gasteiger charge is 2.33. The molecule has 0 saturated carbocycles. The fourth-order valence-electron chi connectivity index (χ4n) is 4.04. The number of carbonyl (C=O) groups is 2. The molecule has 0 aromatic heterocycles. The highest BCUT2D eigenvalue weighted by atomic mass is 35.5. The molecule has 2 heterocycles. The van der Waals surface area contributed by atoms with Gasteiger partial charge in [0.25, 0.3) is 5.91 Å². The molecule has 172 valence electrons. The van der Waals surface area contributed by atoms with Crippen LogP contribution in [0.15, 0.2) is 12.1 Å². The number of nitrogens with zero attached hydrogens (tertiary/aromatic N) is 3. The third kappa shape index (κ3) is 5.79. The van der Waals surface area contributed by atoms with Crippen LogP contribution in [0.3, 0.4) is 0 Å². The molecule has 3 N–H and O–H groups in total. The first kappa shape index (κ1) is 23.6. The molecule has 2 amide bonds. The number of halogens is 1. The molecule has 0 spiro atoms. The van der Waals surface area contributed by atoms with Crippen LogP contribution in [-0.4, -0.2) is 106 Å². The van der Waals surface area contributed by atoms with Crippen LogP contribution in [0.4, 0.5) is 5.69 Å². The normalized spacial score (nSPS) is 22.9. The Morgan fingerprint density at radius 3 is 2.55 bits per heavy atom. The monoisotopic (exact) mass is 453 g/mol. The molecule has 2 unspecified atom stereocenters. The summed E-state index contributed by atoms with van der Waals surface area (Å²) >= 11 is 6.09. The first-order chi connectivity index (χ1) is 14.8. The molecule has 2 saturated heterocycles. The van der Waals surface area contributed by atoms with Gasteiger partial charge in [-0.3, -0.25) is 14.5 Å². The number of anilines is 1. The fraction of sp³-hybridized carbons (Fsp3) is 0.619. The van der Waals surface area contributed by atoms with E-state index >= 15 is 0 Å². The van der Waals surface area contributed by atoms with Crippen LogP contribution in [-0.2, 0) is 9.53 Å². The average Bonchev–Trinajstić information content (AvgIpc) is 2.76. The molecule has 3 rings (SSSR count). The minimum absolute atomic E-state index is 0.145. The van der Waals surface area contributed by atoms with E-state index in [2.05, 4.69) is 22.2 Å². The zero-order valence-corrected chi connectivity index (χ0v) is 19.2. The van der Waals surface area contributed by atoms with Gasteiger partial charge < -0.3 is 30.3 Å². The standard InChI is InChI=1S/C21H32ClN5O4/c1-25-6-8-27(9-7-25)20(28)13-26-5-4-17(19(12-26)31-3)24-21(29)14-10-15(22)16(23)11-18(14)30-2/h10-11,17,19H,4-9,12-13,23H2,1-3H3,(H,24,29). The number of nitrogens with one attached hydrogen (secondary N) is 1. The Hall–Kier alpha value is -2.07. The zero-order chi connectivity index (χ0) is 22.5. The lowest BCUT2D eigenvalue weighted by molar-refractivity contribution is -0.135. The summed E-state index contributed by atoms with van der Waals surface area (Å²) in [7, 11) is 5.17. The lowest BCUT2D eigenvalue weighted by atomic mass is 10.0. The van der Waals surface area contributed by atoms with E-state index in [0.29, 0.717) is 48.1 Å². The van der Waals surface area contributed by atoms with Crippen LogP contribution in [0.25, 0.3) is 0 Å². The maximum Gasteiger partial charge on any atom is 0.255 e. The quantitative estimate of drug-likeness (QED) is 0.606. The van der Waals surface area contributed by atoms with E-state index in [1.165, 1.54) is 19.2 Å². The number of amides is 2. The minimum Gasteiger partial charge on any atom is -0.496 e. The largest absolute Gasteiger partial charge is 0.496 e. The minimum atomic E-state index is -0.298. The maximum atomic E-state index is 12.9. The average molecular weight is 454 g/mol. The number of likely N-dealkylation sites (N-methyl/N-ethyl adjacent to an activating group) is 1. The first-order valence-corrected chi connectivity index (χ1v) is 10.9. The highest BCUT2D eigenvalue weighted by molar-refractivity contribution is 6.33. The number of hydrogen-bond acceptors (Lipinski definition) is 7. The third-order valence-electron chi connectivity index (χ3n) is 6.04. The van der Waals surface area contributed by atoms with Gasteiger partial charge in [0.2, 0.25) is 5.91 Å². The van der Waals surface area contributed by atoms with Crippen LogP contribution in [0.2, 0.25) is 5.02 Å². The van der Waals surface area contributed by atoms with Gasteiger partial charge in [-0.2, -0.15) is 0 Å². The van der Waals surface area contributed by atoms with Gasteiger partial charge in [0.15, 0.2) is 0 Å². The van der Waals surface area contributed by atoms with Crippen LogP contribution in [0.5, 0.6) is 5.75 Å². The Bertz CT molecular complexity index is 800. The Balaban J connectivity index is 1.58. The summed E-state index contributed by atoms with van der Waals surface area (Å²) in [5, 5.41) is 3.33. The van der Waals surface area contributed by atoms with Crippen LogP contribution < -0.4 is 15.8 Å². The number of hydrogen-bond donors (Lipinski definition) is 2. The Morgan fingerprint density at radius 1 is 1.19 bits per heavy atom. The highest BCUT2D eigenvalue weighted by Crippen LogP contribution is 2.29. The van der Waals surface area contributed by atoms with Crippen molar-refractivity contribution in [1.29, 1.82) is 0 Å². The van der Waals surface area contributed by atoms with Gasteiger partial charge in [-0.15, -0.1) is 0 Å². The SMILES string of the molecule is COc1cc(N)c(Cl)cc1C(=O)NC1CCN(CC(=O)N2CCN(C)CC2)CC1OC. The van der Waals surface area contributed by atoms with Gasteiger partial charge in [0.05, 0.1) is 42.1 Å². The third-order valence-corrected chi connectivity index (χ3v) is 6.37. The number of ether oxygens (including phenoxy) is 2. The summed E-state index contributed by atoms with van der Waals surface area (Å²) in [6.45, 7) is 4.97. The topological polar surface area (TPSA) is 100 Å². The number of rotatable bonds is 6. The number of benzene rings is 1. The number of likely N-dealkylation sites (tertiary alicyclic amines) is 1. The van der Waals surface area contributed by atoms with E-state index in [4.69, 9.17) is 26.8 Å². The molecule has 2 fully saturated rings. The van der Waals surface area contributed by atoms with Crippen molar-refractivity contribution < 1.29 is 19.1 Å². The fourth-order valence-corrected chi connectivity index (χ4v) is 4.20.